The van der Waals surface area contributed by atoms with Crippen molar-refractivity contribution in [3.63, 3.8) is 0 Å². The summed E-state index contributed by atoms with van der Waals surface area (Å²) in [6, 6.07) is 6.33. The Morgan fingerprint density at radius 1 is 1.16 bits per heavy atom. The highest BCUT2D eigenvalue weighted by Gasteiger charge is 2.28. The molecule has 0 atom stereocenters. The first kappa shape index (κ1) is 14.0. The molecule has 0 saturated carbocycles. The quantitative estimate of drug-likeness (QED) is 0.916. The molecule has 1 aromatic carbocycles. The molecule has 2 rings (SSSR count). The molecule has 0 bridgehead atoms. The van der Waals surface area contributed by atoms with Crippen LogP contribution in [0.25, 0.3) is 0 Å². The third kappa shape index (κ3) is 4.98. The van der Waals surface area contributed by atoms with E-state index in [4.69, 9.17) is 4.74 Å². The molecule has 1 aromatic rings. The van der Waals surface area contributed by atoms with Crippen LogP contribution in [-0.4, -0.2) is 32.0 Å². The summed E-state index contributed by atoms with van der Waals surface area (Å²) in [5.74, 6) is 0.718. The topological polar surface area (TPSA) is 30.5 Å². The minimum absolute atomic E-state index is 0.110. The summed E-state index contributed by atoms with van der Waals surface area (Å²) >= 11 is 0. The van der Waals surface area contributed by atoms with Crippen LogP contribution in [0.2, 0.25) is 0 Å². The molecule has 0 aliphatic carbocycles. The molecular weight excluding hydrogens is 259 g/mol. The highest BCUT2D eigenvalue weighted by Crippen LogP contribution is 2.24. The normalized spacial score (nSPS) is 17.2. The first-order valence-electron chi connectivity index (χ1n) is 6.20. The molecule has 1 aliphatic heterocycles. The fourth-order valence-electron chi connectivity index (χ4n) is 1.91. The number of benzene rings is 1. The lowest BCUT2D eigenvalue weighted by Crippen LogP contribution is -2.34. The summed E-state index contributed by atoms with van der Waals surface area (Å²) in [4.78, 5) is 0. The van der Waals surface area contributed by atoms with Crippen molar-refractivity contribution in [3.05, 3.63) is 24.3 Å². The monoisotopic (exact) mass is 275 g/mol. The first-order valence-corrected chi connectivity index (χ1v) is 6.20. The van der Waals surface area contributed by atoms with E-state index in [-0.39, 0.29) is 11.9 Å². The zero-order valence-electron chi connectivity index (χ0n) is 10.4. The van der Waals surface area contributed by atoms with Crippen LogP contribution >= 0.6 is 0 Å². The summed E-state index contributed by atoms with van der Waals surface area (Å²) in [6.07, 6.45) is -2.42. The predicted molar refractivity (Wildman–Crippen MR) is 64.5 cm³/mol. The van der Waals surface area contributed by atoms with Crippen LogP contribution in [0, 0.1) is 0 Å². The number of hydrogen-bond donors (Lipinski definition) is 1. The predicted octanol–water partition coefficient (Wildman–Crippen LogP) is 2.76. The molecule has 0 radical (unpaired) electrons. The van der Waals surface area contributed by atoms with Gasteiger partial charge in [-0.15, -0.1) is 0 Å². The maximum atomic E-state index is 12.1. The van der Waals surface area contributed by atoms with E-state index < -0.39 is 12.8 Å². The molecule has 1 aliphatic rings. The lowest BCUT2D eigenvalue weighted by Gasteiger charge is -2.24. The largest absolute Gasteiger partial charge is 0.490 e. The molecular formula is C13H16F3NO2. The summed E-state index contributed by atoms with van der Waals surface area (Å²) in [5, 5.41) is 3.22. The minimum atomic E-state index is -4.33. The smallest absolute Gasteiger partial charge is 0.422 e. The Kier molecular flexibility index (Phi) is 4.52. The van der Waals surface area contributed by atoms with Crippen LogP contribution in [0.1, 0.15) is 12.8 Å². The van der Waals surface area contributed by atoms with Crippen molar-refractivity contribution in [1.82, 2.24) is 5.32 Å². The Balaban J connectivity index is 1.90. The second-order valence-electron chi connectivity index (χ2n) is 4.45. The van der Waals surface area contributed by atoms with Crippen LogP contribution < -0.4 is 14.8 Å². The second kappa shape index (κ2) is 6.14. The van der Waals surface area contributed by atoms with Gasteiger partial charge in [0, 0.05) is 6.07 Å². The van der Waals surface area contributed by atoms with Crippen LogP contribution in [0.4, 0.5) is 13.2 Å². The number of hydrogen-bond acceptors (Lipinski definition) is 3. The van der Waals surface area contributed by atoms with Gasteiger partial charge in [0.05, 0.1) is 0 Å². The molecule has 1 N–H and O–H groups in total. The van der Waals surface area contributed by atoms with Gasteiger partial charge in [-0.3, -0.25) is 0 Å². The molecule has 1 fully saturated rings. The SMILES string of the molecule is FC(F)(F)COc1cccc(OC2CCNCC2)c1. The van der Waals surface area contributed by atoms with Gasteiger partial charge in [0.1, 0.15) is 17.6 Å². The van der Waals surface area contributed by atoms with Gasteiger partial charge in [0.25, 0.3) is 0 Å². The number of piperidine rings is 1. The van der Waals surface area contributed by atoms with Crippen LogP contribution in [-0.2, 0) is 0 Å². The number of alkyl halides is 3. The van der Waals surface area contributed by atoms with Gasteiger partial charge < -0.3 is 14.8 Å². The summed E-state index contributed by atoms with van der Waals surface area (Å²) in [5.41, 5.74) is 0. The van der Waals surface area contributed by atoms with E-state index in [1.807, 2.05) is 0 Å². The highest BCUT2D eigenvalue weighted by molar-refractivity contribution is 5.33. The van der Waals surface area contributed by atoms with Gasteiger partial charge >= 0.3 is 6.18 Å². The average molecular weight is 275 g/mol. The Morgan fingerprint density at radius 2 is 1.84 bits per heavy atom. The van der Waals surface area contributed by atoms with Gasteiger partial charge in [-0.05, 0) is 38.1 Å². The zero-order chi connectivity index (χ0) is 13.7. The van der Waals surface area contributed by atoms with Gasteiger partial charge in [0.15, 0.2) is 6.61 Å². The number of nitrogens with one attached hydrogen (secondary N) is 1. The van der Waals surface area contributed by atoms with Crippen molar-refractivity contribution in [2.75, 3.05) is 19.7 Å². The molecule has 1 saturated heterocycles. The van der Waals surface area contributed by atoms with Crippen LogP contribution in [0.5, 0.6) is 11.5 Å². The van der Waals surface area contributed by atoms with Gasteiger partial charge in [-0.1, -0.05) is 6.07 Å². The first-order chi connectivity index (χ1) is 9.03. The molecule has 0 unspecified atom stereocenters. The molecule has 106 valence electrons. The Hall–Kier alpha value is -1.43. The van der Waals surface area contributed by atoms with Crippen molar-refractivity contribution in [3.8, 4) is 11.5 Å². The van der Waals surface area contributed by atoms with E-state index in [1.165, 1.54) is 12.1 Å². The zero-order valence-corrected chi connectivity index (χ0v) is 10.4. The van der Waals surface area contributed by atoms with Crippen molar-refractivity contribution in [1.29, 1.82) is 0 Å². The Morgan fingerprint density at radius 3 is 2.53 bits per heavy atom. The molecule has 3 nitrogen and oxygen atoms in total. The molecule has 19 heavy (non-hydrogen) atoms. The van der Waals surface area contributed by atoms with Crippen LogP contribution in [0.15, 0.2) is 24.3 Å². The standard InChI is InChI=1S/C13H16F3NO2/c14-13(15,16)9-18-11-2-1-3-12(8-11)19-10-4-6-17-7-5-10/h1-3,8,10,17H,4-7,9H2. The molecule has 0 spiro atoms. The number of rotatable bonds is 4. The van der Waals surface area contributed by atoms with E-state index in [1.54, 1.807) is 12.1 Å². The van der Waals surface area contributed by atoms with E-state index in [0.29, 0.717) is 5.75 Å². The van der Waals surface area contributed by atoms with Gasteiger partial charge in [-0.2, -0.15) is 13.2 Å². The number of ether oxygens (including phenoxy) is 2. The van der Waals surface area contributed by atoms with E-state index >= 15 is 0 Å². The molecule has 0 amide bonds. The molecule has 6 heteroatoms. The van der Waals surface area contributed by atoms with Crippen molar-refractivity contribution < 1.29 is 22.6 Å². The molecule has 0 aromatic heterocycles. The maximum absolute atomic E-state index is 12.1. The summed E-state index contributed by atoms with van der Waals surface area (Å²) in [6.45, 7) is 0.508. The van der Waals surface area contributed by atoms with E-state index in [0.717, 1.165) is 25.9 Å². The van der Waals surface area contributed by atoms with Gasteiger partial charge in [-0.25, -0.2) is 0 Å². The Labute approximate surface area is 109 Å². The van der Waals surface area contributed by atoms with Crippen molar-refractivity contribution in [2.24, 2.45) is 0 Å². The third-order valence-corrected chi connectivity index (χ3v) is 2.80. The average Bonchev–Trinajstić information content (AvgIpc) is 2.37. The lowest BCUT2D eigenvalue weighted by molar-refractivity contribution is -0.153. The lowest BCUT2D eigenvalue weighted by atomic mass is 10.1. The maximum Gasteiger partial charge on any atom is 0.422 e. The fraction of sp³-hybridized carbons (Fsp3) is 0.538. The van der Waals surface area contributed by atoms with Crippen molar-refractivity contribution >= 4 is 0 Å². The summed E-state index contributed by atoms with van der Waals surface area (Å²) < 4.78 is 46.6. The van der Waals surface area contributed by atoms with Crippen LogP contribution in [0.3, 0.4) is 0 Å². The summed E-state index contributed by atoms with van der Waals surface area (Å²) in [7, 11) is 0. The third-order valence-electron chi connectivity index (χ3n) is 2.80. The second-order valence-corrected chi connectivity index (χ2v) is 4.45. The van der Waals surface area contributed by atoms with E-state index in [9.17, 15) is 13.2 Å². The highest BCUT2D eigenvalue weighted by atomic mass is 19.4. The fourth-order valence-corrected chi connectivity index (χ4v) is 1.91. The van der Waals surface area contributed by atoms with Gasteiger partial charge in [0.2, 0.25) is 0 Å². The molecule has 1 heterocycles. The van der Waals surface area contributed by atoms with E-state index in [2.05, 4.69) is 10.1 Å². The number of halogens is 3. The Bertz CT molecular complexity index is 403. The minimum Gasteiger partial charge on any atom is -0.490 e. The van der Waals surface area contributed by atoms with Crippen molar-refractivity contribution in [2.45, 2.75) is 25.1 Å².